The molecule has 33 heavy (non-hydrogen) atoms. The van der Waals surface area contributed by atoms with Gasteiger partial charge < -0.3 is 10.1 Å². The number of hydrogen-bond acceptors (Lipinski definition) is 6. The quantitative estimate of drug-likeness (QED) is 0.403. The van der Waals surface area contributed by atoms with Crippen LogP contribution in [0.3, 0.4) is 0 Å². The van der Waals surface area contributed by atoms with E-state index in [2.05, 4.69) is 25.6 Å². The molecule has 2 aromatic carbocycles. The van der Waals surface area contributed by atoms with Crippen molar-refractivity contribution in [3.8, 4) is 28.5 Å². The molecule has 0 aliphatic rings. The van der Waals surface area contributed by atoms with E-state index in [0.717, 1.165) is 5.56 Å². The first kappa shape index (κ1) is 20.6. The number of amides is 1. The van der Waals surface area contributed by atoms with Crippen LogP contribution in [0.1, 0.15) is 0 Å². The van der Waals surface area contributed by atoms with Gasteiger partial charge in [-0.15, -0.1) is 10.2 Å². The molecule has 0 saturated heterocycles. The molecule has 0 radical (unpaired) electrons. The maximum Gasteiger partial charge on any atom is 0.262 e. The summed E-state index contributed by atoms with van der Waals surface area (Å²) in [6.45, 7) is -0.160. The number of carbonyl (C=O) groups excluding carboxylic acids is 1. The smallest absolute Gasteiger partial charge is 0.262 e. The number of para-hydroxylation sites is 1. The molecule has 1 N–H and O–H groups in total. The van der Waals surface area contributed by atoms with Gasteiger partial charge in [0, 0.05) is 17.4 Å². The summed E-state index contributed by atoms with van der Waals surface area (Å²) < 4.78 is 7.15. The highest BCUT2D eigenvalue weighted by Crippen LogP contribution is 2.24. The van der Waals surface area contributed by atoms with Gasteiger partial charge in [0.15, 0.2) is 12.3 Å². The first-order valence-electron chi connectivity index (χ1n) is 10.1. The fraction of sp³-hybridized carbons (Fsp3) is 0.0417. The minimum atomic E-state index is -0.299. The van der Waals surface area contributed by atoms with Crippen LogP contribution < -0.4 is 10.1 Å². The standard InChI is InChI=1S/C24H17ClN6O2/c25-18-8-1-2-10-21(18)33-15-23(32)27-17-7-5-6-16(14-17)19-11-12-22-28-29-24(31(22)30-19)20-9-3-4-13-26-20/h1-14H,15H2,(H,27,32). The van der Waals surface area contributed by atoms with Gasteiger partial charge in [0.05, 0.1) is 10.7 Å². The summed E-state index contributed by atoms with van der Waals surface area (Å²) in [5.74, 6) is 0.707. The molecule has 162 valence electrons. The Morgan fingerprint density at radius 3 is 2.67 bits per heavy atom. The minimum Gasteiger partial charge on any atom is -0.482 e. The third kappa shape index (κ3) is 4.51. The molecule has 5 rings (SSSR count). The van der Waals surface area contributed by atoms with E-state index in [1.807, 2.05) is 48.5 Å². The number of halogens is 1. The van der Waals surface area contributed by atoms with Crippen molar-refractivity contribution < 1.29 is 9.53 Å². The van der Waals surface area contributed by atoms with Crippen LogP contribution in [-0.2, 0) is 4.79 Å². The Balaban J connectivity index is 1.35. The zero-order chi connectivity index (χ0) is 22.6. The number of ether oxygens (including phenoxy) is 1. The number of hydrogen-bond donors (Lipinski definition) is 1. The van der Waals surface area contributed by atoms with Crippen LogP contribution in [0, 0.1) is 0 Å². The number of fused-ring (bicyclic) bond motifs is 1. The van der Waals surface area contributed by atoms with Crippen molar-refractivity contribution in [2.24, 2.45) is 0 Å². The summed E-state index contributed by atoms with van der Waals surface area (Å²) in [4.78, 5) is 16.7. The second-order valence-electron chi connectivity index (χ2n) is 7.08. The first-order valence-corrected chi connectivity index (χ1v) is 10.5. The second kappa shape index (κ2) is 9.05. The van der Waals surface area contributed by atoms with Crippen molar-refractivity contribution in [2.45, 2.75) is 0 Å². The lowest BCUT2D eigenvalue weighted by molar-refractivity contribution is -0.118. The Labute approximate surface area is 193 Å². The van der Waals surface area contributed by atoms with E-state index in [1.54, 1.807) is 41.0 Å². The maximum absolute atomic E-state index is 12.4. The maximum atomic E-state index is 12.4. The largest absolute Gasteiger partial charge is 0.482 e. The fourth-order valence-electron chi connectivity index (χ4n) is 3.26. The number of nitrogens with one attached hydrogen (secondary N) is 1. The van der Waals surface area contributed by atoms with Crippen LogP contribution in [0.15, 0.2) is 85.1 Å². The number of rotatable bonds is 6. The van der Waals surface area contributed by atoms with Crippen molar-refractivity contribution in [2.75, 3.05) is 11.9 Å². The highest BCUT2D eigenvalue weighted by atomic mass is 35.5. The van der Waals surface area contributed by atoms with Gasteiger partial charge in [-0.25, -0.2) is 0 Å². The highest BCUT2D eigenvalue weighted by molar-refractivity contribution is 6.32. The molecule has 0 aliphatic heterocycles. The van der Waals surface area contributed by atoms with Gasteiger partial charge in [-0.05, 0) is 48.5 Å². The average Bonchev–Trinajstić information content (AvgIpc) is 3.28. The lowest BCUT2D eigenvalue weighted by atomic mass is 10.1. The third-order valence-corrected chi connectivity index (χ3v) is 5.11. The van der Waals surface area contributed by atoms with Gasteiger partial charge in [-0.2, -0.15) is 9.61 Å². The molecule has 0 fully saturated rings. The van der Waals surface area contributed by atoms with E-state index < -0.39 is 0 Å². The minimum absolute atomic E-state index is 0.160. The average molecular weight is 457 g/mol. The number of aromatic nitrogens is 5. The van der Waals surface area contributed by atoms with E-state index >= 15 is 0 Å². The molecule has 5 aromatic rings. The Bertz CT molecular complexity index is 1440. The molecule has 0 aliphatic carbocycles. The summed E-state index contributed by atoms with van der Waals surface area (Å²) in [5, 5.41) is 16.4. The van der Waals surface area contributed by atoms with Crippen molar-refractivity contribution in [3.63, 3.8) is 0 Å². The Morgan fingerprint density at radius 1 is 0.939 bits per heavy atom. The van der Waals surface area contributed by atoms with Crippen LogP contribution in [-0.4, -0.2) is 37.3 Å². The first-order chi connectivity index (χ1) is 16.2. The van der Waals surface area contributed by atoms with Crippen LogP contribution >= 0.6 is 11.6 Å². The van der Waals surface area contributed by atoms with Gasteiger partial charge in [0.25, 0.3) is 5.91 Å². The second-order valence-corrected chi connectivity index (χ2v) is 7.48. The molecule has 0 unspecified atom stereocenters. The molecular weight excluding hydrogens is 440 g/mol. The van der Waals surface area contributed by atoms with Crippen LogP contribution in [0.4, 0.5) is 5.69 Å². The third-order valence-electron chi connectivity index (χ3n) is 4.79. The normalized spacial score (nSPS) is 10.8. The molecule has 1 amide bonds. The number of pyridine rings is 1. The summed E-state index contributed by atoms with van der Waals surface area (Å²) in [6, 6.07) is 23.7. The van der Waals surface area contributed by atoms with Gasteiger partial charge >= 0.3 is 0 Å². The molecule has 3 heterocycles. The van der Waals surface area contributed by atoms with Crippen LogP contribution in [0.2, 0.25) is 5.02 Å². The van der Waals surface area contributed by atoms with Gasteiger partial charge in [-0.1, -0.05) is 41.9 Å². The Morgan fingerprint density at radius 2 is 1.82 bits per heavy atom. The molecule has 0 bridgehead atoms. The zero-order valence-electron chi connectivity index (χ0n) is 17.2. The topological polar surface area (TPSA) is 94.3 Å². The molecule has 0 saturated carbocycles. The molecule has 0 spiro atoms. The van der Waals surface area contributed by atoms with Crippen LogP contribution in [0.25, 0.3) is 28.4 Å². The molecule has 0 atom stereocenters. The predicted molar refractivity (Wildman–Crippen MR) is 125 cm³/mol. The van der Waals surface area contributed by atoms with Gasteiger partial charge in [0.1, 0.15) is 11.4 Å². The van der Waals surface area contributed by atoms with E-state index in [9.17, 15) is 4.79 Å². The van der Waals surface area contributed by atoms with E-state index in [1.165, 1.54) is 0 Å². The predicted octanol–water partition coefficient (Wildman–Crippen LogP) is 4.52. The molecule has 3 aromatic heterocycles. The monoisotopic (exact) mass is 456 g/mol. The zero-order valence-corrected chi connectivity index (χ0v) is 18.0. The summed E-state index contributed by atoms with van der Waals surface area (Å²) in [6.07, 6.45) is 1.70. The van der Waals surface area contributed by atoms with Gasteiger partial charge in [0.2, 0.25) is 5.82 Å². The van der Waals surface area contributed by atoms with Crippen molar-refractivity contribution in [1.29, 1.82) is 0 Å². The molecular formula is C24H17ClN6O2. The number of anilines is 1. The lowest BCUT2D eigenvalue weighted by Crippen LogP contribution is -2.20. The molecule has 9 heteroatoms. The summed E-state index contributed by atoms with van der Waals surface area (Å²) in [5.41, 5.74) is 3.43. The number of nitrogens with zero attached hydrogens (tertiary/aromatic N) is 5. The van der Waals surface area contributed by atoms with Crippen molar-refractivity contribution >= 4 is 28.8 Å². The van der Waals surface area contributed by atoms with Crippen molar-refractivity contribution in [1.82, 2.24) is 24.8 Å². The van der Waals surface area contributed by atoms with E-state index in [4.69, 9.17) is 16.3 Å². The van der Waals surface area contributed by atoms with E-state index in [0.29, 0.717) is 39.3 Å². The lowest BCUT2D eigenvalue weighted by Gasteiger charge is -2.10. The number of benzene rings is 2. The SMILES string of the molecule is O=C(COc1ccccc1Cl)Nc1cccc(-c2ccc3nnc(-c4ccccn4)n3n2)c1. The van der Waals surface area contributed by atoms with Crippen molar-refractivity contribution in [3.05, 3.63) is 90.1 Å². The van der Waals surface area contributed by atoms with Gasteiger partial charge in [-0.3, -0.25) is 9.78 Å². The van der Waals surface area contributed by atoms with Crippen LogP contribution in [0.5, 0.6) is 5.75 Å². The Hall–Kier alpha value is -4.30. The fourth-order valence-corrected chi connectivity index (χ4v) is 3.45. The molecule has 8 nitrogen and oxygen atoms in total. The Kier molecular flexibility index (Phi) is 5.65. The summed E-state index contributed by atoms with van der Waals surface area (Å²) >= 11 is 6.06. The highest BCUT2D eigenvalue weighted by Gasteiger charge is 2.12. The number of carbonyl (C=O) groups is 1. The van der Waals surface area contributed by atoms with E-state index in [-0.39, 0.29) is 12.5 Å². The summed E-state index contributed by atoms with van der Waals surface area (Å²) in [7, 11) is 0.